The first-order valence-corrected chi connectivity index (χ1v) is 11.0. The molecule has 1 heterocycles. The molecule has 3 aromatic rings. The van der Waals surface area contributed by atoms with Crippen molar-refractivity contribution in [1.82, 2.24) is 0 Å². The number of hydrazone groups is 1. The summed E-state index contributed by atoms with van der Waals surface area (Å²) in [4.78, 5) is 38.6. The second kappa shape index (κ2) is 9.57. The number of amides is 2. The maximum absolute atomic E-state index is 13.1. The van der Waals surface area contributed by atoms with Crippen molar-refractivity contribution in [1.29, 1.82) is 0 Å². The van der Waals surface area contributed by atoms with E-state index in [-0.39, 0.29) is 41.5 Å². The van der Waals surface area contributed by atoms with Crippen molar-refractivity contribution in [2.45, 2.75) is 19.8 Å². The molecule has 6 nitrogen and oxygen atoms in total. The molecule has 0 radical (unpaired) electrons. The van der Waals surface area contributed by atoms with Gasteiger partial charge in [0.15, 0.2) is 5.78 Å². The van der Waals surface area contributed by atoms with Crippen LogP contribution in [0.25, 0.3) is 0 Å². The number of nitrogens with zero attached hydrogens (tertiary/aromatic N) is 2. The quantitative estimate of drug-likeness (QED) is 0.479. The van der Waals surface area contributed by atoms with Gasteiger partial charge in [-0.3, -0.25) is 14.4 Å². The average molecular weight is 480 g/mol. The average Bonchev–Trinajstić information content (AvgIpc) is 2.80. The van der Waals surface area contributed by atoms with Crippen LogP contribution in [0.2, 0.25) is 10.0 Å². The van der Waals surface area contributed by atoms with Gasteiger partial charge in [-0.2, -0.15) is 5.10 Å². The number of carbonyl (C=O) groups excluding carboxylic acids is 3. The second-order valence-corrected chi connectivity index (χ2v) is 8.39. The Morgan fingerprint density at radius 2 is 1.73 bits per heavy atom. The first-order chi connectivity index (χ1) is 15.8. The molecule has 8 heteroatoms. The van der Waals surface area contributed by atoms with Crippen molar-refractivity contribution in [2.75, 3.05) is 10.3 Å². The number of benzene rings is 3. The van der Waals surface area contributed by atoms with Gasteiger partial charge in [-0.05, 0) is 55.0 Å². The van der Waals surface area contributed by atoms with Crippen LogP contribution in [0.1, 0.15) is 34.3 Å². The van der Waals surface area contributed by atoms with Crippen LogP contribution >= 0.6 is 23.2 Å². The van der Waals surface area contributed by atoms with Gasteiger partial charge in [-0.15, -0.1) is 0 Å². The number of hydrogen-bond acceptors (Lipinski definition) is 4. The van der Waals surface area contributed by atoms with Gasteiger partial charge in [-0.1, -0.05) is 47.5 Å². The van der Waals surface area contributed by atoms with E-state index in [2.05, 4.69) is 10.4 Å². The Hall–Kier alpha value is -3.48. The van der Waals surface area contributed by atoms with E-state index in [0.717, 1.165) is 5.56 Å². The first-order valence-electron chi connectivity index (χ1n) is 10.2. The molecular formula is C25H19Cl2N3O3. The standard InChI is InChI=1S/C25H19Cl2N3O3/c1-15-5-4-6-17(13-15)30-23(31)12-11-22(29-30)25(33)28-21-10-9-16(26)14-19(21)24(32)18-7-2-3-8-20(18)27/h2-10,13-14H,11-12H2,1H3,(H,28,33). The van der Waals surface area contributed by atoms with E-state index < -0.39 is 5.91 Å². The molecule has 1 aliphatic rings. The van der Waals surface area contributed by atoms with Crippen molar-refractivity contribution < 1.29 is 14.4 Å². The van der Waals surface area contributed by atoms with Crippen molar-refractivity contribution in [3.8, 4) is 0 Å². The van der Waals surface area contributed by atoms with Crippen LogP contribution in [-0.4, -0.2) is 23.3 Å². The van der Waals surface area contributed by atoms with Gasteiger partial charge in [0.1, 0.15) is 5.71 Å². The summed E-state index contributed by atoms with van der Waals surface area (Å²) in [6, 6.07) is 18.6. The zero-order chi connectivity index (χ0) is 23.5. The molecule has 2 amide bonds. The number of halogens is 2. The molecule has 0 spiro atoms. The van der Waals surface area contributed by atoms with E-state index in [9.17, 15) is 14.4 Å². The number of carbonyl (C=O) groups is 3. The topological polar surface area (TPSA) is 78.8 Å². The molecular weight excluding hydrogens is 461 g/mol. The summed E-state index contributed by atoms with van der Waals surface area (Å²) < 4.78 is 0. The molecule has 0 saturated heterocycles. The highest BCUT2D eigenvalue weighted by atomic mass is 35.5. The highest BCUT2D eigenvalue weighted by molar-refractivity contribution is 6.44. The Morgan fingerprint density at radius 1 is 0.939 bits per heavy atom. The summed E-state index contributed by atoms with van der Waals surface area (Å²) in [6.45, 7) is 1.91. The highest BCUT2D eigenvalue weighted by Crippen LogP contribution is 2.27. The molecule has 0 fully saturated rings. The van der Waals surface area contributed by atoms with Gasteiger partial charge in [0.25, 0.3) is 5.91 Å². The number of anilines is 2. The molecule has 0 saturated carbocycles. The Bertz CT molecular complexity index is 1300. The third-order valence-corrected chi connectivity index (χ3v) is 5.70. The molecule has 33 heavy (non-hydrogen) atoms. The van der Waals surface area contributed by atoms with E-state index >= 15 is 0 Å². The molecule has 0 aliphatic carbocycles. The molecule has 3 aromatic carbocycles. The SMILES string of the molecule is Cc1cccc(N2N=C(C(=O)Nc3ccc(Cl)cc3C(=O)c3ccccc3Cl)CCC2=O)c1. The normalized spacial score (nSPS) is 13.5. The Balaban J connectivity index is 1.64. The molecule has 0 unspecified atom stereocenters. The van der Waals surface area contributed by atoms with Crippen LogP contribution in [0.3, 0.4) is 0 Å². The van der Waals surface area contributed by atoms with E-state index in [1.165, 1.54) is 11.1 Å². The minimum absolute atomic E-state index is 0.145. The summed E-state index contributed by atoms with van der Waals surface area (Å²) in [5, 5.41) is 8.91. The molecule has 0 atom stereocenters. The summed E-state index contributed by atoms with van der Waals surface area (Å²) in [7, 11) is 0. The molecule has 4 rings (SSSR count). The van der Waals surface area contributed by atoms with Crippen LogP contribution in [0.5, 0.6) is 0 Å². The van der Waals surface area contributed by atoms with E-state index in [1.54, 1.807) is 42.5 Å². The van der Waals surface area contributed by atoms with Crippen molar-refractivity contribution in [3.05, 3.63) is 93.5 Å². The number of rotatable bonds is 5. The fraction of sp³-hybridized carbons (Fsp3) is 0.120. The van der Waals surface area contributed by atoms with E-state index in [0.29, 0.717) is 21.3 Å². The minimum atomic E-state index is -0.504. The largest absolute Gasteiger partial charge is 0.320 e. The molecule has 1 aliphatic heterocycles. The van der Waals surface area contributed by atoms with Gasteiger partial charge in [0.05, 0.1) is 16.4 Å². The predicted octanol–water partition coefficient (Wildman–Crippen LogP) is 5.65. The smallest absolute Gasteiger partial charge is 0.271 e. The van der Waals surface area contributed by atoms with Gasteiger partial charge in [0, 0.05) is 29.0 Å². The molecule has 0 bridgehead atoms. The van der Waals surface area contributed by atoms with Crippen LogP contribution in [-0.2, 0) is 9.59 Å². The monoisotopic (exact) mass is 479 g/mol. The maximum atomic E-state index is 13.1. The Morgan fingerprint density at radius 3 is 2.48 bits per heavy atom. The van der Waals surface area contributed by atoms with Crippen LogP contribution in [0.15, 0.2) is 71.8 Å². The third kappa shape index (κ3) is 4.97. The number of hydrogen-bond donors (Lipinski definition) is 1. The molecule has 1 N–H and O–H groups in total. The first kappa shape index (κ1) is 22.7. The van der Waals surface area contributed by atoms with Gasteiger partial charge >= 0.3 is 0 Å². The highest BCUT2D eigenvalue weighted by Gasteiger charge is 2.27. The van der Waals surface area contributed by atoms with Crippen LogP contribution in [0.4, 0.5) is 11.4 Å². The van der Waals surface area contributed by atoms with Gasteiger partial charge in [0.2, 0.25) is 5.91 Å². The lowest BCUT2D eigenvalue weighted by atomic mass is 10.0. The van der Waals surface area contributed by atoms with Crippen LogP contribution in [0, 0.1) is 6.92 Å². The number of ketones is 1. The summed E-state index contributed by atoms with van der Waals surface area (Å²) in [5.41, 5.74) is 2.51. The Kier molecular flexibility index (Phi) is 6.58. The van der Waals surface area contributed by atoms with Crippen molar-refractivity contribution >= 4 is 57.9 Å². The lowest BCUT2D eigenvalue weighted by Crippen LogP contribution is -2.36. The van der Waals surface area contributed by atoms with Crippen molar-refractivity contribution in [2.24, 2.45) is 5.10 Å². The second-order valence-electron chi connectivity index (χ2n) is 7.54. The zero-order valence-electron chi connectivity index (χ0n) is 17.6. The summed E-state index contributed by atoms with van der Waals surface area (Å²) in [5.74, 6) is -1.07. The zero-order valence-corrected chi connectivity index (χ0v) is 19.2. The van der Waals surface area contributed by atoms with Crippen molar-refractivity contribution in [3.63, 3.8) is 0 Å². The lowest BCUT2D eigenvalue weighted by Gasteiger charge is -2.23. The van der Waals surface area contributed by atoms with E-state index in [1.807, 2.05) is 25.1 Å². The molecule has 166 valence electrons. The summed E-state index contributed by atoms with van der Waals surface area (Å²) >= 11 is 12.3. The molecule has 0 aromatic heterocycles. The Labute approximate surface area is 200 Å². The number of aryl methyl sites for hydroxylation is 1. The van der Waals surface area contributed by atoms with E-state index in [4.69, 9.17) is 23.2 Å². The maximum Gasteiger partial charge on any atom is 0.271 e. The fourth-order valence-electron chi connectivity index (χ4n) is 3.48. The summed E-state index contributed by atoms with van der Waals surface area (Å²) in [6.07, 6.45) is 0.334. The predicted molar refractivity (Wildman–Crippen MR) is 130 cm³/mol. The third-order valence-electron chi connectivity index (χ3n) is 5.13. The lowest BCUT2D eigenvalue weighted by molar-refractivity contribution is -0.118. The van der Waals surface area contributed by atoms with Gasteiger partial charge < -0.3 is 5.32 Å². The number of nitrogens with one attached hydrogen (secondary N) is 1. The van der Waals surface area contributed by atoms with Gasteiger partial charge in [-0.25, -0.2) is 5.01 Å². The fourth-order valence-corrected chi connectivity index (χ4v) is 3.87. The minimum Gasteiger partial charge on any atom is -0.320 e. The van der Waals surface area contributed by atoms with Crippen LogP contribution < -0.4 is 10.3 Å².